The van der Waals surface area contributed by atoms with E-state index in [9.17, 15) is 4.39 Å². The molecule has 0 bridgehead atoms. The van der Waals surface area contributed by atoms with Gasteiger partial charge in [-0.15, -0.1) is 0 Å². The minimum Gasteiger partial charge on any atom is -0.271 e. The minimum atomic E-state index is -0.354. The largest absolute Gasteiger partial charge is 0.271 e. The summed E-state index contributed by atoms with van der Waals surface area (Å²) >= 11 is 9.44. The number of rotatable bonds is 4. The summed E-state index contributed by atoms with van der Waals surface area (Å²) < 4.78 is 14.1. The Labute approximate surface area is 124 Å². The molecule has 1 unspecified atom stereocenters. The second kappa shape index (κ2) is 6.48. The second-order valence-electron chi connectivity index (χ2n) is 4.22. The van der Waals surface area contributed by atoms with Crippen LogP contribution in [0.2, 0.25) is 5.02 Å². The summed E-state index contributed by atoms with van der Waals surface area (Å²) in [4.78, 5) is 0. The molecule has 0 spiro atoms. The van der Waals surface area contributed by atoms with Gasteiger partial charge < -0.3 is 0 Å². The van der Waals surface area contributed by atoms with E-state index in [-0.39, 0.29) is 11.9 Å². The van der Waals surface area contributed by atoms with Crippen LogP contribution in [-0.2, 0) is 6.42 Å². The number of nitrogens with one attached hydrogen (secondary N) is 1. The normalized spacial score (nSPS) is 12.4. The summed E-state index contributed by atoms with van der Waals surface area (Å²) in [5.74, 6) is 5.22. The maximum atomic E-state index is 13.0. The van der Waals surface area contributed by atoms with Crippen LogP contribution in [-0.4, -0.2) is 0 Å². The zero-order valence-corrected chi connectivity index (χ0v) is 12.4. The fourth-order valence-corrected chi connectivity index (χ4v) is 2.46. The highest BCUT2D eigenvalue weighted by Crippen LogP contribution is 2.26. The molecule has 0 aromatic heterocycles. The molecule has 2 aromatic carbocycles. The van der Waals surface area contributed by atoms with Crippen molar-refractivity contribution in [3.8, 4) is 0 Å². The molecule has 0 amide bonds. The lowest BCUT2D eigenvalue weighted by atomic mass is 9.99. The Hall–Kier alpha value is -0.940. The first-order chi connectivity index (χ1) is 9.10. The molecular weight excluding hydrogens is 331 g/mol. The summed E-state index contributed by atoms with van der Waals surface area (Å²) in [6, 6.07) is 12.1. The van der Waals surface area contributed by atoms with Gasteiger partial charge in [0.25, 0.3) is 0 Å². The Morgan fingerprint density at radius 1 is 1.21 bits per heavy atom. The highest BCUT2D eigenvalue weighted by Gasteiger charge is 2.14. The van der Waals surface area contributed by atoms with Crippen LogP contribution in [0.25, 0.3) is 0 Å². The SMILES string of the molecule is NNC(Cc1ccc(Br)cc1)c1ccc(F)cc1Cl. The molecule has 0 aliphatic carbocycles. The Kier molecular flexibility index (Phi) is 4.93. The van der Waals surface area contributed by atoms with Gasteiger partial charge in [-0.3, -0.25) is 11.3 Å². The van der Waals surface area contributed by atoms with Crippen molar-refractivity contribution in [2.45, 2.75) is 12.5 Å². The van der Waals surface area contributed by atoms with Crippen LogP contribution in [0.1, 0.15) is 17.2 Å². The topological polar surface area (TPSA) is 38.0 Å². The Morgan fingerprint density at radius 2 is 1.89 bits per heavy atom. The Morgan fingerprint density at radius 3 is 2.47 bits per heavy atom. The number of nitrogens with two attached hydrogens (primary N) is 1. The molecule has 0 saturated carbocycles. The van der Waals surface area contributed by atoms with Gasteiger partial charge in [-0.05, 0) is 41.8 Å². The first-order valence-electron chi connectivity index (χ1n) is 5.75. The van der Waals surface area contributed by atoms with Gasteiger partial charge in [-0.2, -0.15) is 0 Å². The maximum absolute atomic E-state index is 13.0. The molecule has 2 nitrogen and oxygen atoms in total. The predicted molar refractivity (Wildman–Crippen MR) is 79.3 cm³/mol. The summed E-state index contributed by atoms with van der Waals surface area (Å²) in [6.07, 6.45) is 0.676. The molecule has 0 radical (unpaired) electrons. The van der Waals surface area contributed by atoms with Crippen LogP contribution in [0.3, 0.4) is 0 Å². The molecule has 5 heteroatoms. The first-order valence-corrected chi connectivity index (χ1v) is 6.93. The molecule has 0 fully saturated rings. The molecule has 19 heavy (non-hydrogen) atoms. The second-order valence-corrected chi connectivity index (χ2v) is 5.54. The number of hydrazine groups is 1. The van der Waals surface area contributed by atoms with E-state index in [4.69, 9.17) is 17.4 Å². The molecule has 0 aliphatic rings. The fraction of sp³-hybridized carbons (Fsp3) is 0.143. The van der Waals surface area contributed by atoms with Crippen LogP contribution in [0.5, 0.6) is 0 Å². The summed E-state index contributed by atoms with van der Waals surface area (Å²) in [6.45, 7) is 0. The van der Waals surface area contributed by atoms with Crippen molar-refractivity contribution in [1.82, 2.24) is 5.43 Å². The molecule has 0 saturated heterocycles. The standard InChI is InChI=1S/C14H13BrClFN2/c15-10-3-1-9(2-4-10)7-14(19-18)12-6-5-11(17)8-13(12)16/h1-6,8,14,19H,7,18H2. The molecule has 0 heterocycles. The van der Waals surface area contributed by atoms with Gasteiger partial charge in [-0.25, -0.2) is 4.39 Å². The zero-order valence-electron chi connectivity index (χ0n) is 10.0. The quantitative estimate of drug-likeness (QED) is 0.651. The number of halogens is 3. The fourth-order valence-electron chi connectivity index (χ4n) is 1.90. The summed E-state index contributed by atoms with van der Waals surface area (Å²) in [7, 11) is 0. The van der Waals surface area contributed by atoms with Crippen molar-refractivity contribution in [1.29, 1.82) is 0 Å². The van der Waals surface area contributed by atoms with Gasteiger partial charge >= 0.3 is 0 Å². The smallest absolute Gasteiger partial charge is 0.124 e. The van der Waals surface area contributed by atoms with Crippen molar-refractivity contribution in [3.05, 3.63) is 68.9 Å². The van der Waals surface area contributed by atoms with Gasteiger partial charge in [0.1, 0.15) is 5.82 Å². The molecule has 2 aromatic rings. The van der Waals surface area contributed by atoms with Gasteiger partial charge in [0, 0.05) is 9.50 Å². The Bertz CT molecular complexity index is 560. The maximum Gasteiger partial charge on any atom is 0.124 e. The lowest BCUT2D eigenvalue weighted by Crippen LogP contribution is -2.29. The minimum absolute atomic E-state index is 0.158. The van der Waals surface area contributed by atoms with Crippen molar-refractivity contribution in [3.63, 3.8) is 0 Å². The van der Waals surface area contributed by atoms with Gasteiger partial charge in [0.15, 0.2) is 0 Å². The number of benzene rings is 2. The molecule has 0 aliphatic heterocycles. The Balaban J connectivity index is 2.22. The van der Waals surface area contributed by atoms with Gasteiger partial charge in [0.2, 0.25) is 0 Å². The molecule has 1 atom stereocenters. The van der Waals surface area contributed by atoms with Crippen LogP contribution < -0.4 is 11.3 Å². The summed E-state index contributed by atoms with van der Waals surface area (Å²) in [5, 5.41) is 0.375. The van der Waals surface area contributed by atoms with E-state index in [1.807, 2.05) is 24.3 Å². The van der Waals surface area contributed by atoms with Crippen molar-refractivity contribution in [2.24, 2.45) is 5.84 Å². The van der Waals surface area contributed by atoms with Crippen LogP contribution in [0.15, 0.2) is 46.9 Å². The lowest BCUT2D eigenvalue weighted by molar-refractivity contribution is 0.549. The third-order valence-corrected chi connectivity index (χ3v) is 3.75. The van der Waals surface area contributed by atoms with Crippen molar-refractivity contribution >= 4 is 27.5 Å². The predicted octanol–water partition coefficient (Wildman–Crippen LogP) is 3.99. The van der Waals surface area contributed by atoms with E-state index < -0.39 is 0 Å². The van der Waals surface area contributed by atoms with Crippen molar-refractivity contribution < 1.29 is 4.39 Å². The average Bonchev–Trinajstić information content (AvgIpc) is 2.39. The van der Waals surface area contributed by atoms with Gasteiger partial charge in [-0.1, -0.05) is 45.7 Å². The van der Waals surface area contributed by atoms with E-state index >= 15 is 0 Å². The third-order valence-electron chi connectivity index (χ3n) is 2.89. The molecule has 3 N–H and O–H groups in total. The van der Waals surface area contributed by atoms with Crippen LogP contribution >= 0.6 is 27.5 Å². The summed E-state index contributed by atoms with van der Waals surface area (Å²) in [5.41, 5.74) is 4.63. The van der Waals surface area contributed by atoms with E-state index in [0.717, 1.165) is 15.6 Å². The molecule has 100 valence electrons. The number of hydrogen-bond donors (Lipinski definition) is 2. The van der Waals surface area contributed by atoms with E-state index in [1.165, 1.54) is 12.1 Å². The van der Waals surface area contributed by atoms with E-state index in [0.29, 0.717) is 11.4 Å². The average molecular weight is 344 g/mol. The monoisotopic (exact) mass is 342 g/mol. The highest BCUT2D eigenvalue weighted by molar-refractivity contribution is 9.10. The number of hydrogen-bond acceptors (Lipinski definition) is 2. The van der Waals surface area contributed by atoms with Crippen LogP contribution in [0.4, 0.5) is 4.39 Å². The lowest BCUT2D eigenvalue weighted by Gasteiger charge is -2.18. The third kappa shape index (κ3) is 3.76. The van der Waals surface area contributed by atoms with Gasteiger partial charge in [0.05, 0.1) is 6.04 Å². The zero-order chi connectivity index (χ0) is 13.8. The van der Waals surface area contributed by atoms with Crippen molar-refractivity contribution in [2.75, 3.05) is 0 Å². The molecular formula is C14H13BrClFN2. The first kappa shape index (κ1) is 14.5. The highest BCUT2D eigenvalue weighted by atomic mass is 79.9. The molecule has 2 rings (SSSR count). The van der Waals surface area contributed by atoms with E-state index in [2.05, 4.69) is 21.4 Å². The van der Waals surface area contributed by atoms with E-state index in [1.54, 1.807) is 6.07 Å². The van der Waals surface area contributed by atoms with Crippen LogP contribution in [0, 0.1) is 5.82 Å².